The molecule has 2 aliphatic rings. The summed E-state index contributed by atoms with van der Waals surface area (Å²) >= 11 is 0. The Labute approximate surface area is 157 Å². The summed E-state index contributed by atoms with van der Waals surface area (Å²) in [7, 11) is 0. The number of carbonyl (C=O) groups is 1. The van der Waals surface area contributed by atoms with E-state index in [4.69, 9.17) is 4.74 Å². The van der Waals surface area contributed by atoms with Gasteiger partial charge < -0.3 is 14.7 Å². The number of carbonyl (C=O) groups excluding carboxylic acids is 1. The molecule has 1 aliphatic heterocycles. The lowest BCUT2D eigenvalue weighted by atomic mass is 9.67. The number of rotatable bonds is 4. The number of anilines is 1. The monoisotopic (exact) mass is 385 g/mol. The predicted molar refractivity (Wildman–Crippen MR) is 95.7 cm³/mol. The first-order chi connectivity index (χ1) is 12.6. The van der Waals surface area contributed by atoms with E-state index < -0.39 is 23.3 Å². The van der Waals surface area contributed by atoms with Crippen LogP contribution in [0.25, 0.3) is 0 Å². The Morgan fingerprint density at radius 3 is 2.26 bits per heavy atom. The average molecular weight is 385 g/mol. The smallest absolute Gasteiger partial charge is 0.425 e. The van der Waals surface area contributed by atoms with Crippen LogP contribution in [-0.2, 0) is 4.79 Å². The first kappa shape index (κ1) is 20.0. The van der Waals surface area contributed by atoms with E-state index in [1.165, 1.54) is 12.1 Å². The minimum atomic E-state index is -4.42. The fourth-order valence-electron chi connectivity index (χ4n) is 4.05. The molecule has 1 aromatic rings. The van der Waals surface area contributed by atoms with E-state index in [-0.39, 0.29) is 11.7 Å². The number of benzene rings is 1. The Balaban J connectivity index is 1.67. The van der Waals surface area contributed by atoms with E-state index in [9.17, 15) is 23.1 Å². The molecule has 2 fully saturated rings. The number of halogens is 3. The van der Waals surface area contributed by atoms with Gasteiger partial charge in [0.2, 0.25) is 5.91 Å². The molecule has 1 spiro atoms. The molecule has 1 N–H and O–H groups in total. The van der Waals surface area contributed by atoms with Crippen LogP contribution in [-0.4, -0.2) is 35.4 Å². The van der Waals surface area contributed by atoms with Gasteiger partial charge in [-0.1, -0.05) is 6.92 Å². The number of aliphatic hydroxyl groups is 1. The van der Waals surface area contributed by atoms with Crippen molar-refractivity contribution in [2.45, 2.75) is 70.3 Å². The molecule has 1 saturated carbocycles. The van der Waals surface area contributed by atoms with Crippen molar-refractivity contribution in [3.8, 4) is 5.75 Å². The molecular weight excluding hydrogens is 359 g/mol. The summed E-state index contributed by atoms with van der Waals surface area (Å²) in [6.45, 7) is 3.51. The van der Waals surface area contributed by atoms with Gasteiger partial charge in [-0.3, -0.25) is 4.79 Å². The zero-order valence-electron chi connectivity index (χ0n) is 15.7. The minimum absolute atomic E-state index is 0.0537. The fraction of sp³-hybridized carbons (Fsp3) is 0.650. The van der Waals surface area contributed by atoms with Crippen LogP contribution in [0.1, 0.15) is 52.4 Å². The summed E-state index contributed by atoms with van der Waals surface area (Å²) in [6, 6.07) is 6.18. The van der Waals surface area contributed by atoms with E-state index in [0.717, 1.165) is 13.3 Å². The SMILES string of the molecule is CCC1(O)CCC2(CCN(c3ccc(O[C@H](C)C(F)(F)F)cc3)C2=O)CC1. The van der Waals surface area contributed by atoms with Crippen molar-refractivity contribution in [3.05, 3.63) is 24.3 Å². The molecule has 1 saturated heterocycles. The molecule has 0 unspecified atom stereocenters. The molecule has 3 rings (SSSR count). The molecule has 7 heteroatoms. The van der Waals surface area contributed by atoms with Crippen molar-refractivity contribution < 1.29 is 27.8 Å². The van der Waals surface area contributed by atoms with Crippen LogP contribution in [0.3, 0.4) is 0 Å². The van der Waals surface area contributed by atoms with Crippen LogP contribution < -0.4 is 9.64 Å². The molecule has 150 valence electrons. The number of amides is 1. The van der Waals surface area contributed by atoms with Crippen molar-refractivity contribution in [1.29, 1.82) is 0 Å². The summed E-state index contributed by atoms with van der Waals surface area (Å²) < 4.78 is 42.7. The van der Waals surface area contributed by atoms with E-state index in [0.29, 0.717) is 44.3 Å². The molecule has 1 aliphatic carbocycles. The van der Waals surface area contributed by atoms with Crippen LogP contribution in [0.2, 0.25) is 0 Å². The maximum Gasteiger partial charge on any atom is 0.425 e. The maximum atomic E-state index is 13.0. The van der Waals surface area contributed by atoms with Crippen molar-refractivity contribution in [2.75, 3.05) is 11.4 Å². The number of hydrogen-bond donors (Lipinski definition) is 1. The van der Waals surface area contributed by atoms with Gasteiger partial charge in [0.05, 0.1) is 11.0 Å². The Hall–Kier alpha value is -1.76. The highest BCUT2D eigenvalue weighted by Gasteiger charge is 2.51. The van der Waals surface area contributed by atoms with E-state index in [1.807, 2.05) is 6.92 Å². The molecule has 0 aromatic heterocycles. The third kappa shape index (κ3) is 3.93. The van der Waals surface area contributed by atoms with E-state index in [2.05, 4.69) is 0 Å². The third-order valence-electron chi connectivity index (χ3n) is 6.23. The number of nitrogens with zero attached hydrogens (tertiary/aromatic N) is 1. The van der Waals surface area contributed by atoms with E-state index >= 15 is 0 Å². The maximum absolute atomic E-state index is 13.0. The summed E-state index contributed by atoms with van der Waals surface area (Å²) in [6.07, 6.45) is -2.25. The topological polar surface area (TPSA) is 49.8 Å². The lowest BCUT2D eigenvalue weighted by molar-refractivity contribution is -0.189. The van der Waals surface area contributed by atoms with Gasteiger partial charge in [0.1, 0.15) is 5.75 Å². The van der Waals surface area contributed by atoms with Crippen molar-refractivity contribution in [1.82, 2.24) is 0 Å². The van der Waals surface area contributed by atoms with Crippen molar-refractivity contribution in [3.63, 3.8) is 0 Å². The molecule has 4 nitrogen and oxygen atoms in total. The Morgan fingerprint density at radius 2 is 1.74 bits per heavy atom. The quantitative estimate of drug-likeness (QED) is 0.833. The van der Waals surface area contributed by atoms with Crippen LogP contribution in [0, 0.1) is 5.41 Å². The van der Waals surface area contributed by atoms with Gasteiger partial charge in [-0.05, 0) is 69.7 Å². The van der Waals surface area contributed by atoms with Crippen LogP contribution in [0.15, 0.2) is 24.3 Å². The van der Waals surface area contributed by atoms with Gasteiger partial charge in [-0.25, -0.2) is 0 Å². The molecule has 1 heterocycles. The van der Waals surface area contributed by atoms with Crippen LogP contribution in [0.5, 0.6) is 5.75 Å². The molecular formula is C20H26F3NO3. The second kappa shape index (κ2) is 7.00. The second-order valence-electron chi connectivity index (χ2n) is 7.86. The number of ether oxygens (including phenoxy) is 1. The normalized spacial score (nSPS) is 30.0. The van der Waals surface area contributed by atoms with Crippen molar-refractivity contribution in [2.24, 2.45) is 5.41 Å². The van der Waals surface area contributed by atoms with Gasteiger partial charge >= 0.3 is 6.18 Å². The summed E-state index contributed by atoms with van der Waals surface area (Å²) in [5.41, 5.74) is -0.408. The van der Waals surface area contributed by atoms with Gasteiger partial charge in [-0.2, -0.15) is 13.2 Å². The largest absolute Gasteiger partial charge is 0.481 e. The van der Waals surface area contributed by atoms with Crippen molar-refractivity contribution >= 4 is 11.6 Å². The summed E-state index contributed by atoms with van der Waals surface area (Å²) in [5.74, 6) is 0.175. The average Bonchev–Trinajstić information content (AvgIpc) is 2.94. The summed E-state index contributed by atoms with van der Waals surface area (Å²) in [4.78, 5) is 14.7. The minimum Gasteiger partial charge on any atom is -0.481 e. The number of hydrogen-bond acceptors (Lipinski definition) is 3. The standard InChI is InChI=1S/C20H26F3NO3/c1-3-19(26)10-8-18(9-11-19)12-13-24(17(18)25)15-4-6-16(7-5-15)27-14(2)20(21,22)23/h4-7,14,26H,3,8-13H2,1-2H3/t14-,18?,19?/m1/s1. The summed E-state index contributed by atoms with van der Waals surface area (Å²) in [5, 5.41) is 10.4. The molecule has 1 amide bonds. The molecule has 27 heavy (non-hydrogen) atoms. The zero-order valence-corrected chi connectivity index (χ0v) is 15.7. The molecule has 1 atom stereocenters. The first-order valence-corrected chi connectivity index (χ1v) is 9.46. The fourth-order valence-corrected chi connectivity index (χ4v) is 4.05. The second-order valence-corrected chi connectivity index (χ2v) is 7.86. The highest BCUT2D eigenvalue weighted by atomic mass is 19.4. The van der Waals surface area contributed by atoms with Crippen LogP contribution in [0.4, 0.5) is 18.9 Å². The molecule has 0 bridgehead atoms. The highest BCUT2D eigenvalue weighted by molar-refractivity contribution is 6.00. The predicted octanol–water partition coefficient (Wildman–Crippen LogP) is 4.45. The molecule has 0 radical (unpaired) electrons. The Kier molecular flexibility index (Phi) is 5.18. The lowest BCUT2D eigenvalue weighted by Crippen LogP contribution is -2.43. The van der Waals surface area contributed by atoms with Gasteiger partial charge in [0.25, 0.3) is 0 Å². The number of alkyl halides is 3. The highest BCUT2D eigenvalue weighted by Crippen LogP contribution is 2.49. The molecule has 1 aromatic carbocycles. The lowest BCUT2D eigenvalue weighted by Gasteiger charge is -2.40. The first-order valence-electron chi connectivity index (χ1n) is 9.46. The van der Waals surface area contributed by atoms with Gasteiger partial charge in [0.15, 0.2) is 6.10 Å². The Bertz CT molecular complexity index is 679. The zero-order chi connectivity index (χ0) is 19.9. The van der Waals surface area contributed by atoms with Crippen LogP contribution >= 0.6 is 0 Å². The van der Waals surface area contributed by atoms with Gasteiger partial charge in [-0.15, -0.1) is 0 Å². The third-order valence-corrected chi connectivity index (χ3v) is 6.23. The Morgan fingerprint density at radius 1 is 1.15 bits per heavy atom. The van der Waals surface area contributed by atoms with Gasteiger partial charge in [0, 0.05) is 12.2 Å². The van der Waals surface area contributed by atoms with E-state index in [1.54, 1.807) is 17.0 Å².